The van der Waals surface area contributed by atoms with Crippen molar-refractivity contribution in [1.82, 2.24) is 23.7 Å². The first-order valence-corrected chi connectivity index (χ1v) is 10.2. The van der Waals surface area contributed by atoms with E-state index in [-0.39, 0.29) is 0 Å². The summed E-state index contributed by atoms with van der Waals surface area (Å²) in [4.78, 5) is 6.57. The standard InChI is InChI=1S/C15H27N5O4S/c1-13(2)11-15-16-14(17-24-15)12-18-3-5-19(6-4-18)25(21,22)20-7-9-23-10-8-20/h13H,3-12H2,1-2H3. The van der Waals surface area contributed by atoms with Gasteiger partial charge in [-0.2, -0.15) is 22.0 Å². The molecule has 25 heavy (non-hydrogen) atoms. The first kappa shape index (κ1) is 18.7. The van der Waals surface area contributed by atoms with Gasteiger partial charge >= 0.3 is 0 Å². The highest BCUT2D eigenvalue weighted by Gasteiger charge is 2.33. The second-order valence-corrected chi connectivity index (χ2v) is 8.83. The molecular formula is C15H27N5O4S. The van der Waals surface area contributed by atoms with E-state index in [9.17, 15) is 8.42 Å². The van der Waals surface area contributed by atoms with Gasteiger partial charge in [0.2, 0.25) is 5.89 Å². The molecule has 0 N–H and O–H groups in total. The van der Waals surface area contributed by atoms with Crippen molar-refractivity contribution in [3.05, 3.63) is 11.7 Å². The van der Waals surface area contributed by atoms with Crippen LogP contribution in [0.4, 0.5) is 0 Å². The van der Waals surface area contributed by atoms with E-state index in [2.05, 4.69) is 28.9 Å². The molecule has 0 radical (unpaired) electrons. The summed E-state index contributed by atoms with van der Waals surface area (Å²) in [6, 6.07) is 0. The molecule has 3 rings (SSSR count). The van der Waals surface area contributed by atoms with Crippen LogP contribution in [0.1, 0.15) is 25.6 Å². The van der Waals surface area contributed by atoms with Gasteiger partial charge in [-0.25, -0.2) is 0 Å². The predicted molar refractivity (Wildman–Crippen MR) is 91.0 cm³/mol. The van der Waals surface area contributed by atoms with E-state index in [1.165, 1.54) is 4.31 Å². The zero-order chi connectivity index (χ0) is 17.9. The van der Waals surface area contributed by atoms with Gasteiger partial charge in [0.05, 0.1) is 19.8 Å². The van der Waals surface area contributed by atoms with Gasteiger partial charge in [-0.3, -0.25) is 4.90 Å². The topological polar surface area (TPSA) is 92.0 Å². The lowest BCUT2D eigenvalue weighted by Crippen LogP contribution is -2.54. The molecular weight excluding hydrogens is 346 g/mol. The minimum Gasteiger partial charge on any atom is -0.379 e. The molecule has 3 heterocycles. The first-order valence-electron chi connectivity index (χ1n) is 8.82. The number of morpholine rings is 1. The van der Waals surface area contributed by atoms with Crippen LogP contribution in [-0.4, -0.2) is 84.6 Å². The Balaban J connectivity index is 1.50. The Kier molecular flexibility index (Phi) is 6.05. The zero-order valence-corrected chi connectivity index (χ0v) is 15.7. The van der Waals surface area contributed by atoms with Gasteiger partial charge in [0.1, 0.15) is 0 Å². The molecule has 2 fully saturated rings. The van der Waals surface area contributed by atoms with Crippen molar-refractivity contribution in [2.45, 2.75) is 26.8 Å². The number of hydrogen-bond donors (Lipinski definition) is 0. The second-order valence-electron chi connectivity index (χ2n) is 6.90. The molecule has 2 saturated heterocycles. The maximum absolute atomic E-state index is 12.6. The summed E-state index contributed by atoms with van der Waals surface area (Å²) in [5.41, 5.74) is 0. The zero-order valence-electron chi connectivity index (χ0n) is 14.9. The molecule has 0 aromatic carbocycles. The number of aromatic nitrogens is 2. The molecule has 0 aliphatic carbocycles. The number of rotatable bonds is 6. The number of nitrogens with zero attached hydrogens (tertiary/aromatic N) is 5. The van der Waals surface area contributed by atoms with E-state index < -0.39 is 10.2 Å². The average molecular weight is 373 g/mol. The van der Waals surface area contributed by atoms with Crippen molar-refractivity contribution >= 4 is 10.2 Å². The first-order chi connectivity index (χ1) is 11.9. The van der Waals surface area contributed by atoms with Crippen LogP contribution in [0, 0.1) is 5.92 Å². The van der Waals surface area contributed by atoms with Gasteiger partial charge in [0.25, 0.3) is 10.2 Å². The smallest absolute Gasteiger partial charge is 0.282 e. The number of piperazine rings is 1. The Hall–Kier alpha value is -1.07. The molecule has 0 amide bonds. The Morgan fingerprint density at radius 2 is 1.68 bits per heavy atom. The quantitative estimate of drug-likeness (QED) is 0.691. The van der Waals surface area contributed by atoms with E-state index in [1.807, 2.05) is 0 Å². The summed E-state index contributed by atoms with van der Waals surface area (Å²) in [6.45, 7) is 8.91. The Bertz CT molecular complexity index is 649. The van der Waals surface area contributed by atoms with Crippen molar-refractivity contribution in [3.8, 4) is 0 Å². The fraction of sp³-hybridized carbons (Fsp3) is 0.867. The fourth-order valence-electron chi connectivity index (χ4n) is 3.05. The van der Waals surface area contributed by atoms with Crippen molar-refractivity contribution < 1.29 is 17.7 Å². The third kappa shape index (κ3) is 4.76. The van der Waals surface area contributed by atoms with Crippen LogP contribution >= 0.6 is 0 Å². The number of hydrogen-bond acceptors (Lipinski definition) is 7. The summed E-state index contributed by atoms with van der Waals surface area (Å²) in [5, 5.41) is 4.02. The van der Waals surface area contributed by atoms with Gasteiger partial charge in [-0.1, -0.05) is 19.0 Å². The van der Waals surface area contributed by atoms with E-state index in [0.29, 0.717) is 76.7 Å². The lowest BCUT2D eigenvalue weighted by atomic mass is 10.1. The van der Waals surface area contributed by atoms with Gasteiger partial charge < -0.3 is 9.26 Å². The van der Waals surface area contributed by atoms with Crippen LogP contribution in [0.5, 0.6) is 0 Å². The fourth-order valence-corrected chi connectivity index (χ4v) is 4.61. The van der Waals surface area contributed by atoms with E-state index in [4.69, 9.17) is 9.26 Å². The molecule has 1 aromatic rings. The molecule has 2 aliphatic rings. The molecule has 10 heteroatoms. The molecule has 0 unspecified atom stereocenters. The third-order valence-electron chi connectivity index (χ3n) is 4.41. The Labute approximate surface area is 149 Å². The van der Waals surface area contributed by atoms with Crippen LogP contribution in [-0.2, 0) is 27.9 Å². The minimum atomic E-state index is -3.38. The van der Waals surface area contributed by atoms with Crippen LogP contribution in [0.3, 0.4) is 0 Å². The normalized spacial score (nSPS) is 21.9. The summed E-state index contributed by atoms with van der Waals surface area (Å²) < 4.78 is 38.9. The Morgan fingerprint density at radius 3 is 2.32 bits per heavy atom. The highest BCUT2D eigenvalue weighted by atomic mass is 32.2. The SMILES string of the molecule is CC(C)Cc1nc(CN2CCN(S(=O)(=O)N3CCOCC3)CC2)no1. The van der Waals surface area contributed by atoms with E-state index in [0.717, 1.165) is 6.42 Å². The van der Waals surface area contributed by atoms with Gasteiger partial charge in [-0.15, -0.1) is 0 Å². The van der Waals surface area contributed by atoms with Gasteiger partial charge in [-0.05, 0) is 5.92 Å². The molecule has 142 valence electrons. The molecule has 0 spiro atoms. The molecule has 9 nitrogen and oxygen atoms in total. The molecule has 0 atom stereocenters. The number of ether oxygens (including phenoxy) is 1. The minimum absolute atomic E-state index is 0.435. The summed E-state index contributed by atoms with van der Waals surface area (Å²) in [7, 11) is -3.38. The third-order valence-corrected chi connectivity index (χ3v) is 6.45. The van der Waals surface area contributed by atoms with Crippen LogP contribution < -0.4 is 0 Å². The predicted octanol–water partition coefficient (Wildman–Crippen LogP) is -0.0373. The molecule has 0 saturated carbocycles. The largest absolute Gasteiger partial charge is 0.379 e. The van der Waals surface area contributed by atoms with Gasteiger partial charge in [0, 0.05) is 45.7 Å². The maximum Gasteiger partial charge on any atom is 0.282 e. The van der Waals surface area contributed by atoms with Crippen LogP contribution in [0.2, 0.25) is 0 Å². The van der Waals surface area contributed by atoms with E-state index in [1.54, 1.807) is 4.31 Å². The van der Waals surface area contributed by atoms with Crippen LogP contribution in [0.15, 0.2) is 4.52 Å². The summed E-state index contributed by atoms with van der Waals surface area (Å²) in [5.74, 6) is 1.81. The summed E-state index contributed by atoms with van der Waals surface area (Å²) in [6.07, 6.45) is 0.776. The highest BCUT2D eigenvalue weighted by Crippen LogP contribution is 2.15. The van der Waals surface area contributed by atoms with Crippen molar-refractivity contribution in [3.63, 3.8) is 0 Å². The van der Waals surface area contributed by atoms with Crippen molar-refractivity contribution in [2.24, 2.45) is 5.92 Å². The van der Waals surface area contributed by atoms with Gasteiger partial charge in [0.15, 0.2) is 5.82 Å². The molecule has 0 bridgehead atoms. The Morgan fingerprint density at radius 1 is 1.04 bits per heavy atom. The van der Waals surface area contributed by atoms with Crippen LogP contribution in [0.25, 0.3) is 0 Å². The summed E-state index contributed by atoms with van der Waals surface area (Å²) >= 11 is 0. The lowest BCUT2D eigenvalue weighted by molar-refractivity contribution is 0.0683. The van der Waals surface area contributed by atoms with Crippen molar-refractivity contribution in [1.29, 1.82) is 0 Å². The molecule has 2 aliphatic heterocycles. The monoisotopic (exact) mass is 373 g/mol. The lowest BCUT2D eigenvalue weighted by Gasteiger charge is -2.37. The van der Waals surface area contributed by atoms with Crippen molar-refractivity contribution in [2.75, 3.05) is 52.5 Å². The average Bonchev–Trinajstić information content (AvgIpc) is 3.02. The maximum atomic E-state index is 12.6. The molecule has 1 aromatic heterocycles. The van der Waals surface area contributed by atoms with E-state index >= 15 is 0 Å². The second kappa shape index (κ2) is 8.09. The highest BCUT2D eigenvalue weighted by molar-refractivity contribution is 7.86.